The molecule has 0 bridgehead atoms. The lowest BCUT2D eigenvalue weighted by atomic mass is 10.1. The van der Waals surface area contributed by atoms with Crippen LogP contribution in [0.5, 0.6) is 0 Å². The van der Waals surface area contributed by atoms with Crippen LogP contribution in [0.4, 0.5) is 5.95 Å². The van der Waals surface area contributed by atoms with E-state index in [1.165, 1.54) is 0 Å². The predicted molar refractivity (Wildman–Crippen MR) is 100 cm³/mol. The van der Waals surface area contributed by atoms with E-state index in [2.05, 4.69) is 29.1 Å². The fourth-order valence-corrected chi connectivity index (χ4v) is 3.17. The zero-order valence-electron chi connectivity index (χ0n) is 15.2. The smallest absolute Gasteiger partial charge is 0.260 e. The van der Waals surface area contributed by atoms with Gasteiger partial charge in [0.15, 0.2) is 0 Å². The van der Waals surface area contributed by atoms with Gasteiger partial charge >= 0.3 is 0 Å². The van der Waals surface area contributed by atoms with Gasteiger partial charge < -0.3 is 9.73 Å². The SMILES string of the molecule is CCCC(C)n1c(=O)c(-c2ccoc2)cc2c(C)nc(NCC)nc21. The number of rotatable bonds is 6. The number of aryl methyl sites for hydroxylation is 1. The van der Waals surface area contributed by atoms with Crippen LogP contribution in [0.2, 0.25) is 0 Å². The summed E-state index contributed by atoms with van der Waals surface area (Å²) in [6.07, 6.45) is 5.08. The average Bonchev–Trinajstić information content (AvgIpc) is 3.09. The molecule has 0 aromatic carbocycles. The van der Waals surface area contributed by atoms with E-state index >= 15 is 0 Å². The van der Waals surface area contributed by atoms with E-state index in [1.807, 2.05) is 19.9 Å². The van der Waals surface area contributed by atoms with Crippen LogP contribution in [-0.2, 0) is 0 Å². The molecule has 6 nitrogen and oxygen atoms in total. The van der Waals surface area contributed by atoms with Gasteiger partial charge in [0.1, 0.15) is 5.65 Å². The molecular formula is C19H24N4O2. The van der Waals surface area contributed by atoms with Gasteiger partial charge in [-0.25, -0.2) is 4.98 Å². The minimum atomic E-state index is -0.0459. The van der Waals surface area contributed by atoms with Crippen molar-refractivity contribution in [3.8, 4) is 11.1 Å². The Morgan fingerprint density at radius 2 is 2.12 bits per heavy atom. The maximum atomic E-state index is 13.2. The monoisotopic (exact) mass is 340 g/mol. The van der Waals surface area contributed by atoms with Crippen LogP contribution in [0.15, 0.2) is 33.9 Å². The Balaban J connectivity index is 2.35. The summed E-state index contributed by atoms with van der Waals surface area (Å²) >= 11 is 0. The quantitative estimate of drug-likeness (QED) is 0.729. The van der Waals surface area contributed by atoms with Gasteiger partial charge in [-0.1, -0.05) is 13.3 Å². The number of hydrogen-bond acceptors (Lipinski definition) is 5. The normalized spacial score (nSPS) is 12.5. The summed E-state index contributed by atoms with van der Waals surface area (Å²) in [5.41, 5.74) is 2.88. The summed E-state index contributed by atoms with van der Waals surface area (Å²) in [4.78, 5) is 22.4. The van der Waals surface area contributed by atoms with Crippen molar-refractivity contribution in [2.45, 2.75) is 46.6 Å². The van der Waals surface area contributed by atoms with Crippen molar-refractivity contribution in [2.75, 3.05) is 11.9 Å². The lowest BCUT2D eigenvalue weighted by Crippen LogP contribution is -2.26. The number of nitrogens with zero attached hydrogens (tertiary/aromatic N) is 3. The highest BCUT2D eigenvalue weighted by atomic mass is 16.3. The first kappa shape index (κ1) is 17.2. The second kappa shape index (κ2) is 7.09. The van der Waals surface area contributed by atoms with Gasteiger partial charge in [-0.2, -0.15) is 4.98 Å². The zero-order valence-corrected chi connectivity index (χ0v) is 15.2. The standard InChI is InChI=1S/C19H24N4O2/c1-5-7-12(3)23-17-15(13(4)21-19(22-17)20-6-2)10-16(18(23)24)14-8-9-25-11-14/h8-12H,5-7H2,1-4H3,(H,20,21,22). The van der Waals surface area contributed by atoms with Crippen molar-refractivity contribution in [2.24, 2.45) is 0 Å². The molecule has 6 heteroatoms. The molecule has 0 saturated carbocycles. The highest BCUT2D eigenvalue weighted by Gasteiger charge is 2.19. The zero-order chi connectivity index (χ0) is 18.0. The summed E-state index contributed by atoms with van der Waals surface area (Å²) in [5, 5.41) is 4.04. The molecule has 132 valence electrons. The lowest BCUT2D eigenvalue weighted by Gasteiger charge is -2.19. The first-order chi connectivity index (χ1) is 12.1. The first-order valence-corrected chi connectivity index (χ1v) is 8.77. The van der Waals surface area contributed by atoms with Crippen molar-refractivity contribution in [1.82, 2.24) is 14.5 Å². The first-order valence-electron chi connectivity index (χ1n) is 8.77. The molecule has 0 aliphatic heterocycles. The van der Waals surface area contributed by atoms with E-state index in [1.54, 1.807) is 23.2 Å². The van der Waals surface area contributed by atoms with Crippen molar-refractivity contribution < 1.29 is 4.42 Å². The van der Waals surface area contributed by atoms with E-state index in [4.69, 9.17) is 4.42 Å². The number of hydrogen-bond donors (Lipinski definition) is 1. The molecule has 3 aromatic heterocycles. The topological polar surface area (TPSA) is 73.0 Å². The van der Waals surface area contributed by atoms with Crippen molar-refractivity contribution >= 4 is 17.0 Å². The summed E-state index contributed by atoms with van der Waals surface area (Å²) in [6, 6.07) is 3.74. The largest absolute Gasteiger partial charge is 0.472 e. The second-order valence-electron chi connectivity index (χ2n) is 6.28. The Bertz CT molecular complexity index is 929. The summed E-state index contributed by atoms with van der Waals surface area (Å²) in [7, 11) is 0. The van der Waals surface area contributed by atoms with E-state index in [9.17, 15) is 4.79 Å². The highest BCUT2D eigenvalue weighted by molar-refractivity contribution is 5.84. The number of fused-ring (bicyclic) bond motifs is 1. The molecule has 0 aliphatic rings. The van der Waals surface area contributed by atoms with Gasteiger partial charge in [-0.05, 0) is 39.3 Å². The van der Waals surface area contributed by atoms with Gasteiger partial charge in [0, 0.05) is 23.5 Å². The summed E-state index contributed by atoms with van der Waals surface area (Å²) in [5.74, 6) is 0.556. The van der Waals surface area contributed by atoms with Crippen LogP contribution in [0.1, 0.15) is 45.3 Å². The fourth-order valence-electron chi connectivity index (χ4n) is 3.17. The summed E-state index contributed by atoms with van der Waals surface area (Å²) < 4.78 is 6.98. The van der Waals surface area contributed by atoms with Crippen molar-refractivity contribution in [1.29, 1.82) is 0 Å². The lowest BCUT2D eigenvalue weighted by molar-refractivity contribution is 0.499. The van der Waals surface area contributed by atoms with Gasteiger partial charge in [-0.15, -0.1) is 0 Å². The predicted octanol–water partition coefficient (Wildman–Crippen LogP) is 4.15. The number of pyridine rings is 1. The number of nitrogens with one attached hydrogen (secondary N) is 1. The maximum Gasteiger partial charge on any atom is 0.260 e. The Labute approximate surface area is 146 Å². The highest BCUT2D eigenvalue weighted by Crippen LogP contribution is 2.26. The van der Waals surface area contributed by atoms with Gasteiger partial charge in [0.05, 0.1) is 23.8 Å². The van der Waals surface area contributed by atoms with E-state index in [-0.39, 0.29) is 11.6 Å². The Kier molecular flexibility index (Phi) is 4.88. The maximum absolute atomic E-state index is 13.2. The third-order valence-corrected chi connectivity index (χ3v) is 4.40. The van der Waals surface area contributed by atoms with Crippen LogP contribution in [0.3, 0.4) is 0 Å². The minimum absolute atomic E-state index is 0.0459. The molecule has 3 aromatic rings. The number of anilines is 1. The Morgan fingerprint density at radius 3 is 2.76 bits per heavy atom. The van der Waals surface area contributed by atoms with Gasteiger partial charge in [0.2, 0.25) is 5.95 Å². The Morgan fingerprint density at radius 1 is 1.32 bits per heavy atom. The molecule has 0 amide bonds. The molecule has 0 aliphatic carbocycles. The molecule has 1 N–H and O–H groups in total. The second-order valence-corrected chi connectivity index (χ2v) is 6.28. The molecule has 1 atom stereocenters. The number of aromatic nitrogens is 3. The number of furan rings is 1. The minimum Gasteiger partial charge on any atom is -0.472 e. The van der Waals surface area contributed by atoms with Crippen molar-refractivity contribution in [3.05, 3.63) is 40.7 Å². The molecule has 3 rings (SSSR count). The van der Waals surface area contributed by atoms with Crippen LogP contribution in [0.25, 0.3) is 22.2 Å². The van der Waals surface area contributed by atoms with E-state index in [0.717, 1.165) is 36.0 Å². The van der Waals surface area contributed by atoms with Crippen molar-refractivity contribution in [3.63, 3.8) is 0 Å². The molecule has 0 radical (unpaired) electrons. The molecule has 3 heterocycles. The van der Waals surface area contributed by atoms with Gasteiger partial charge in [0.25, 0.3) is 5.56 Å². The molecule has 0 fully saturated rings. The summed E-state index contributed by atoms with van der Waals surface area (Å²) in [6.45, 7) is 8.86. The third kappa shape index (κ3) is 3.16. The van der Waals surface area contributed by atoms with Gasteiger partial charge in [-0.3, -0.25) is 9.36 Å². The van der Waals surface area contributed by atoms with Crippen LogP contribution in [-0.4, -0.2) is 21.1 Å². The fraction of sp³-hybridized carbons (Fsp3) is 0.421. The Hall–Kier alpha value is -2.63. The third-order valence-electron chi connectivity index (χ3n) is 4.40. The van der Waals surface area contributed by atoms with E-state index < -0.39 is 0 Å². The van der Waals surface area contributed by atoms with Crippen LogP contribution in [0, 0.1) is 6.92 Å². The molecule has 1 unspecified atom stereocenters. The van der Waals surface area contributed by atoms with Crippen LogP contribution < -0.4 is 10.9 Å². The van der Waals surface area contributed by atoms with Crippen LogP contribution >= 0.6 is 0 Å². The van der Waals surface area contributed by atoms with E-state index in [0.29, 0.717) is 17.2 Å². The average molecular weight is 340 g/mol. The molecular weight excluding hydrogens is 316 g/mol. The molecule has 0 saturated heterocycles. The molecule has 25 heavy (non-hydrogen) atoms. The molecule has 0 spiro atoms.